The fourth-order valence-corrected chi connectivity index (χ4v) is 4.66. The van der Waals surface area contributed by atoms with Crippen LogP contribution in [0.25, 0.3) is 0 Å². The zero-order chi connectivity index (χ0) is 19.8. The molecular formula is C24H38NO3+. The fourth-order valence-electron chi connectivity index (χ4n) is 4.66. The lowest BCUT2D eigenvalue weighted by atomic mass is 9.92. The lowest BCUT2D eigenvalue weighted by molar-refractivity contribution is -0.404. The molecule has 0 radical (unpaired) electrons. The summed E-state index contributed by atoms with van der Waals surface area (Å²) in [7, 11) is 0. The number of hydrogen-bond donors (Lipinski definition) is 1. The molecule has 3 rings (SSSR count). The third kappa shape index (κ3) is 6.40. The van der Waals surface area contributed by atoms with Crippen LogP contribution in [0.2, 0.25) is 0 Å². The monoisotopic (exact) mass is 388 g/mol. The van der Waals surface area contributed by atoms with Gasteiger partial charge < -0.3 is 15.2 Å². The Bertz CT molecular complexity index is 585. The highest BCUT2D eigenvalue weighted by Gasteiger charge is 2.35. The zero-order valence-electron chi connectivity index (χ0n) is 17.5. The van der Waals surface area contributed by atoms with Crippen LogP contribution in [-0.2, 0) is 20.7 Å². The first-order chi connectivity index (χ1) is 13.6. The molecule has 2 aliphatic carbocycles. The molecule has 4 heteroatoms. The molecule has 3 N–H and O–H groups in total. The Kier molecular flexibility index (Phi) is 8.50. The number of ketones is 1. The van der Waals surface area contributed by atoms with Crippen LogP contribution in [0.5, 0.6) is 0 Å². The van der Waals surface area contributed by atoms with Gasteiger partial charge >= 0.3 is 0 Å². The number of benzene rings is 1. The number of ether oxygens (including phenoxy) is 2. The standard InChI is InChI=1S/C24H37NO3/c1-18-17-22(26)21(25)14-7-15-23(24(18)28-20-12-5-6-13-20)27-16-8-11-19-9-3-2-4-10-19/h2-4,9-10,18,20-21,23-24H,5-8,11-17,25H2,1H3/p+1/t18-,21+,23+,24+/m1/s1. The molecule has 0 unspecified atom stereocenters. The predicted octanol–water partition coefficient (Wildman–Crippen LogP) is 3.72. The van der Waals surface area contributed by atoms with E-state index in [0.29, 0.717) is 12.5 Å². The van der Waals surface area contributed by atoms with Crippen molar-refractivity contribution >= 4 is 5.78 Å². The van der Waals surface area contributed by atoms with Crippen LogP contribution < -0.4 is 5.73 Å². The molecule has 28 heavy (non-hydrogen) atoms. The van der Waals surface area contributed by atoms with Crippen molar-refractivity contribution in [1.29, 1.82) is 0 Å². The largest absolute Gasteiger partial charge is 0.375 e. The molecule has 2 fully saturated rings. The van der Waals surface area contributed by atoms with E-state index in [-0.39, 0.29) is 30.0 Å². The maximum Gasteiger partial charge on any atom is 0.190 e. The highest BCUT2D eigenvalue weighted by Crippen LogP contribution is 2.30. The molecule has 0 saturated heterocycles. The first-order valence-corrected chi connectivity index (χ1v) is 11.3. The Morgan fingerprint density at radius 2 is 1.79 bits per heavy atom. The Morgan fingerprint density at radius 1 is 1.04 bits per heavy atom. The predicted molar refractivity (Wildman–Crippen MR) is 111 cm³/mol. The average molecular weight is 389 g/mol. The van der Waals surface area contributed by atoms with E-state index in [9.17, 15) is 4.79 Å². The molecule has 0 bridgehead atoms. The number of carbonyl (C=O) groups is 1. The van der Waals surface area contributed by atoms with E-state index in [2.05, 4.69) is 43.0 Å². The summed E-state index contributed by atoms with van der Waals surface area (Å²) in [5.41, 5.74) is 5.45. The number of quaternary nitrogens is 1. The minimum absolute atomic E-state index is 0.0223. The van der Waals surface area contributed by atoms with Gasteiger partial charge in [-0.05, 0) is 50.0 Å². The van der Waals surface area contributed by atoms with Crippen molar-refractivity contribution in [2.24, 2.45) is 5.92 Å². The second-order valence-corrected chi connectivity index (χ2v) is 8.78. The fraction of sp³-hybridized carbons (Fsp3) is 0.708. The highest BCUT2D eigenvalue weighted by molar-refractivity contribution is 5.82. The van der Waals surface area contributed by atoms with Gasteiger partial charge in [0.15, 0.2) is 5.78 Å². The lowest BCUT2D eigenvalue weighted by Crippen LogP contribution is -2.64. The molecular weight excluding hydrogens is 350 g/mol. The minimum atomic E-state index is -0.0774. The van der Waals surface area contributed by atoms with Gasteiger partial charge in [-0.1, -0.05) is 50.1 Å². The summed E-state index contributed by atoms with van der Waals surface area (Å²) in [6.45, 7) is 2.91. The zero-order valence-corrected chi connectivity index (χ0v) is 17.5. The highest BCUT2D eigenvalue weighted by atomic mass is 16.5. The van der Waals surface area contributed by atoms with Crippen LogP contribution in [0, 0.1) is 5.92 Å². The summed E-state index contributed by atoms with van der Waals surface area (Å²) in [5.74, 6) is 0.479. The van der Waals surface area contributed by atoms with Gasteiger partial charge in [-0.25, -0.2) is 0 Å². The molecule has 1 aromatic rings. The van der Waals surface area contributed by atoms with Gasteiger partial charge in [0.2, 0.25) is 0 Å². The topological polar surface area (TPSA) is 63.2 Å². The summed E-state index contributed by atoms with van der Waals surface area (Å²) in [5, 5.41) is 0. The number of aryl methyl sites for hydroxylation is 1. The van der Waals surface area contributed by atoms with E-state index < -0.39 is 0 Å². The van der Waals surface area contributed by atoms with Crippen LogP contribution in [-0.4, -0.2) is 36.7 Å². The van der Waals surface area contributed by atoms with Crippen LogP contribution in [0.3, 0.4) is 0 Å². The SMILES string of the molecule is C[C@@H]1CC(=O)[C@@H]([NH3+])CCC[C@H](OCCCc2ccccc2)[C@H]1OC1CCCC1. The normalized spacial score (nSPS) is 30.0. The van der Waals surface area contributed by atoms with Crippen molar-refractivity contribution < 1.29 is 20.0 Å². The van der Waals surface area contributed by atoms with E-state index in [0.717, 1.165) is 51.6 Å². The minimum Gasteiger partial charge on any atom is -0.375 e. The smallest absolute Gasteiger partial charge is 0.190 e. The van der Waals surface area contributed by atoms with Gasteiger partial charge in [0.25, 0.3) is 0 Å². The number of hydrogen-bond acceptors (Lipinski definition) is 3. The van der Waals surface area contributed by atoms with Crippen LogP contribution in [0.1, 0.15) is 70.3 Å². The van der Waals surface area contributed by atoms with Crippen molar-refractivity contribution in [2.45, 2.75) is 95.5 Å². The molecule has 0 aliphatic heterocycles. The van der Waals surface area contributed by atoms with Crippen molar-refractivity contribution in [3.63, 3.8) is 0 Å². The van der Waals surface area contributed by atoms with Crippen molar-refractivity contribution in [3.8, 4) is 0 Å². The Labute approximate surface area is 170 Å². The van der Waals surface area contributed by atoms with Crippen LogP contribution in [0.4, 0.5) is 0 Å². The van der Waals surface area contributed by atoms with E-state index in [1.807, 2.05) is 0 Å². The number of Topliss-reactive ketones (excluding diaryl/α,β-unsaturated/α-hetero) is 1. The quantitative estimate of drug-likeness (QED) is 0.724. The van der Waals surface area contributed by atoms with Crippen molar-refractivity contribution in [3.05, 3.63) is 35.9 Å². The van der Waals surface area contributed by atoms with Gasteiger partial charge in [-0.2, -0.15) is 0 Å². The third-order valence-corrected chi connectivity index (χ3v) is 6.38. The molecule has 1 aromatic carbocycles. The number of rotatable bonds is 7. The van der Waals surface area contributed by atoms with Gasteiger partial charge in [0.1, 0.15) is 6.04 Å². The molecule has 4 nitrogen and oxygen atoms in total. The van der Waals surface area contributed by atoms with Gasteiger partial charge in [-0.3, -0.25) is 4.79 Å². The van der Waals surface area contributed by atoms with Gasteiger partial charge in [0, 0.05) is 19.4 Å². The van der Waals surface area contributed by atoms with Crippen LogP contribution >= 0.6 is 0 Å². The van der Waals surface area contributed by atoms with Crippen molar-refractivity contribution in [2.75, 3.05) is 6.61 Å². The van der Waals surface area contributed by atoms with Gasteiger partial charge in [-0.15, -0.1) is 0 Å². The Hall–Kier alpha value is -1.23. The maximum absolute atomic E-state index is 12.5. The average Bonchev–Trinajstić information content (AvgIpc) is 3.22. The van der Waals surface area contributed by atoms with Gasteiger partial charge in [0.05, 0.1) is 18.3 Å². The summed E-state index contributed by atoms with van der Waals surface area (Å²) in [6.07, 6.45) is 10.7. The van der Waals surface area contributed by atoms with E-state index in [4.69, 9.17) is 9.47 Å². The summed E-state index contributed by atoms with van der Waals surface area (Å²) in [6, 6.07) is 10.5. The molecule has 4 atom stereocenters. The molecule has 2 aliphatic rings. The summed E-state index contributed by atoms with van der Waals surface area (Å²) in [4.78, 5) is 12.5. The second-order valence-electron chi connectivity index (χ2n) is 8.78. The Morgan fingerprint density at radius 3 is 2.54 bits per heavy atom. The molecule has 156 valence electrons. The lowest BCUT2D eigenvalue weighted by Gasteiger charge is -2.33. The molecule has 2 saturated carbocycles. The van der Waals surface area contributed by atoms with E-state index in [1.165, 1.54) is 18.4 Å². The van der Waals surface area contributed by atoms with Crippen molar-refractivity contribution in [1.82, 2.24) is 0 Å². The molecule has 0 heterocycles. The second kappa shape index (κ2) is 11.1. The third-order valence-electron chi connectivity index (χ3n) is 6.38. The first-order valence-electron chi connectivity index (χ1n) is 11.3. The maximum atomic E-state index is 12.5. The van der Waals surface area contributed by atoms with E-state index in [1.54, 1.807) is 0 Å². The molecule has 0 spiro atoms. The number of carbonyl (C=O) groups excluding carboxylic acids is 1. The van der Waals surface area contributed by atoms with Crippen LogP contribution in [0.15, 0.2) is 30.3 Å². The van der Waals surface area contributed by atoms with E-state index >= 15 is 0 Å². The molecule has 0 amide bonds. The molecule has 0 aromatic heterocycles. The first kappa shape index (κ1) is 21.5. The summed E-state index contributed by atoms with van der Waals surface area (Å²) >= 11 is 0. The summed E-state index contributed by atoms with van der Waals surface area (Å²) < 4.78 is 13.0. The Balaban J connectivity index is 1.59.